The number of rotatable bonds is 1. The highest BCUT2D eigenvalue weighted by Crippen LogP contribution is 2.27. The molecule has 0 aromatic heterocycles. The Kier molecular flexibility index (Phi) is 3.48. The maximum Gasteiger partial charge on any atom is 0.511 e. The van der Waals surface area contributed by atoms with Crippen molar-refractivity contribution >= 4 is 15.9 Å². The molecule has 16 heavy (non-hydrogen) atoms. The van der Waals surface area contributed by atoms with Gasteiger partial charge in [-0.25, -0.2) is 8.42 Å². The number of nitrogens with zero attached hydrogens (tertiary/aromatic N) is 2. The van der Waals surface area contributed by atoms with Crippen molar-refractivity contribution < 1.29 is 26.4 Å². The lowest BCUT2D eigenvalue weighted by atomic mass is 10.3. The fraction of sp³-hybridized carbons (Fsp3) is 0.857. The molecule has 1 fully saturated rings. The van der Waals surface area contributed by atoms with Crippen LogP contribution in [0.15, 0.2) is 0 Å². The van der Waals surface area contributed by atoms with E-state index in [-0.39, 0.29) is 32.1 Å². The molecule has 94 valence electrons. The molecule has 0 saturated carbocycles. The molecule has 0 spiro atoms. The lowest BCUT2D eigenvalue weighted by Gasteiger charge is -2.33. The number of alkyl halides is 3. The van der Waals surface area contributed by atoms with E-state index >= 15 is 0 Å². The predicted octanol–water partition coefficient (Wildman–Crippen LogP) is 0.000100. The molecule has 5 nitrogen and oxygen atoms in total. The molecular weight excluding hydrogens is 249 g/mol. The molecule has 0 bridgehead atoms. The Labute approximate surface area is 90.9 Å². The number of amides is 1. The Morgan fingerprint density at radius 1 is 1.12 bits per heavy atom. The van der Waals surface area contributed by atoms with Crippen molar-refractivity contribution in [3.8, 4) is 0 Å². The highest BCUT2D eigenvalue weighted by molar-refractivity contribution is 7.90. The van der Waals surface area contributed by atoms with E-state index in [1.807, 2.05) is 0 Å². The van der Waals surface area contributed by atoms with E-state index < -0.39 is 15.5 Å². The average Bonchev–Trinajstić information content (AvgIpc) is 2.16. The third-order valence-corrected chi connectivity index (χ3v) is 3.95. The summed E-state index contributed by atoms with van der Waals surface area (Å²) < 4.78 is 58.8. The first kappa shape index (κ1) is 13.2. The molecule has 0 atom stereocenters. The number of piperazine rings is 1. The monoisotopic (exact) mass is 260 g/mol. The highest BCUT2D eigenvalue weighted by atomic mass is 32.2. The van der Waals surface area contributed by atoms with Gasteiger partial charge in [0.15, 0.2) is 0 Å². The summed E-state index contributed by atoms with van der Waals surface area (Å²) in [7, 11) is -5.25. The number of carbonyl (C=O) groups is 1. The highest BCUT2D eigenvalue weighted by Gasteiger charge is 2.50. The number of halogens is 3. The Morgan fingerprint density at radius 3 is 1.88 bits per heavy atom. The Morgan fingerprint density at radius 2 is 1.56 bits per heavy atom. The summed E-state index contributed by atoms with van der Waals surface area (Å²) in [6, 6.07) is 0. The molecule has 0 aromatic carbocycles. The van der Waals surface area contributed by atoms with E-state index in [1.165, 1.54) is 11.8 Å². The quantitative estimate of drug-likeness (QED) is 0.667. The summed E-state index contributed by atoms with van der Waals surface area (Å²) in [6.07, 6.45) is 0. The standard InChI is InChI=1S/C7H11F3N2O3S/c1-6(13)11-2-4-12(5-3-11)16(14,15)7(8,9)10/h2-5H2,1H3. The molecule has 1 aliphatic rings. The van der Waals surface area contributed by atoms with Crippen molar-refractivity contribution in [3.63, 3.8) is 0 Å². The molecular formula is C7H11F3N2O3S. The van der Waals surface area contributed by atoms with Crippen molar-refractivity contribution in [1.29, 1.82) is 0 Å². The van der Waals surface area contributed by atoms with Crippen molar-refractivity contribution in [2.45, 2.75) is 12.4 Å². The molecule has 0 aromatic rings. The number of hydrogen-bond acceptors (Lipinski definition) is 3. The van der Waals surface area contributed by atoms with Crippen LogP contribution >= 0.6 is 0 Å². The van der Waals surface area contributed by atoms with Gasteiger partial charge in [0.05, 0.1) is 0 Å². The molecule has 1 rings (SSSR count). The van der Waals surface area contributed by atoms with Gasteiger partial charge in [-0.2, -0.15) is 17.5 Å². The second-order valence-electron chi connectivity index (χ2n) is 3.36. The van der Waals surface area contributed by atoms with Crippen LogP contribution in [0.3, 0.4) is 0 Å². The minimum Gasteiger partial charge on any atom is -0.340 e. The van der Waals surface area contributed by atoms with Gasteiger partial charge in [0.2, 0.25) is 5.91 Å². The third-order valence-electron chi connectivity index (χ3n) is 2.32. The van der Waals surface area contributed by atoms with Crippen LogP contribution in [0.1, 0.15) is 6.92 Å². The van der Waals surface area contributed by atoms with Crippen LogP contribution in [0.4, 0.5) is 13.2 Å². The van der Waals surface area contributed by atoms with Gasteiger partial charge < -0.3 is 4.90 Å². The molecule has 0 N–H and O–H groups in total. The van der Waals surface area contributed by atoms with Gasteiger partial charge in [-0.15, -0.1) is 0 Å². The van der Waals surface area contributed by atoms with E-state index in [4.69, 9.17) is 0 Å². The average molecular weight is 260 g/mol. The van der Waals surface area contributed by atoms with Crippen LogP contribution < -0.4 is 0 Å². The first-order valence-electron chi connectivity index (χ1n) is 4.48. The van der Waals surface area contributed by atoms with Gasteiger partial charge in [0, 0.05) is 33.1 Å². The molecule has 0 radical (unpaired) electrons. The van der Waals surface area contributed by atoms with Crippen LogP contribution in [-0.4, -0.2) is 55.2 Å². The molecule has 0 aliphatic carbocycles. The van der Waals surface area contributed by atoms with Crippen LogP contribution in [0, 0.1) is 0 Å². The van der Waals surface area contributed by atoms with Crippen LogP contribution in [0.25, 0.3) is 0 Å². The summed E-state index contributed by atoms with van der Waals surface area (Å²) >= 11 is 0. The summed E-state index contributed by atoms with van der Waals surface area (Å²) in [6.45, 7) is 0.631. The van der Waals surface area contributed by atoms with E-state index in [0.717, 1.165) is 0 Å². The summed E-state index contributed by atoms with van der Waals surface area (Å²) in [5, 5.41) is 0. The molecule has 0 unspecified atom stereocenters. The van der Waals surface area contributed by atoms with E-state index in [1.54, 1.807) is 0 Å². The summed E-state index contributed by atoms with van der Waals surface area (Å²) in [5.74, 6) is -0.274. The normalized spacial score (nSPS) is 19.9. The molecule has 1 heterocycles. The third kappa shape index (κ3) is 2.46. The van der Waals surface area contributed by atoms with Crippen molar-refractivity contribution in [3.05, 3.63) is 0 Å². The Bertz CT molecular complexity index is 371. The van der Waals surface area contributed by atoms with E-state index in [9.17, 15) is 26.4 Å². The second kappa shape index (κ2) is 4.21. The fourth-order valence-corrected chi connectivity index (χ4v) is 2.33. The lowest BCUT2D eigenvalue weighted by Crippen LogP contribution is -2.52. The van der Waals surface area contributed by atoms with Gasteiger partial charge in [0.25, 0.3) is 0 Å². The topological polar surface area (TPSA) is 57.7 Å². The molecule has 1 saturated heterocycles. The Balaban J connectivity index is 2.72. The predicted molar refractivity (Wildman–Crippen MR) is 48.8 cm³/mol. The summed E-state index contributed by atoms with van der Waals surface area (Å²) in [5.41, 5.74) is -5.27. The zero-order valence-electron chi connectivity index (χ0n) is 8.49. The number of carbonyl (C=O) groups excluding carboxylic acids is 1. The van der Waals surface area contributed by atoms with E-state index in [0.29, 0.717) is 4.31 Å². The maximum absolute atomic E-state index is 12.2. The zero-order chi connectivity index (χ0) is 12.6. The number of hydrogen-bond donors (Lipinski definition) is 0. The molecule has 1 amide bonds. The Hall–Kier alpha value is -0.830. The first-order chi connectivity index (χ1) is 7.16. The minimum absolute atomic E-state index is 0.00928. The van der Waals surface area contributed by atoms with Crippen LogP contribution in [0.2, 0.25) is 0 Å². The van der Waals surface area contributed by atoms with Crippen molar-refractivity contribution in [1.82, 2.24) is 9.21 Å². The minimum atomic E-state index is -5.27. The summed E-state index contributed by atoms with van der Waals surface area (Å²) in [4.78, 5) is 12.2. The van der Waals surface area contributed by atoms with Crippen LogP contribution in [-0.2, 0) is 14.8 Å². The SMILES string of the molecule is CC(=O)N1CCN(S(=O)(=O)C(F)(F)F)CC1. The van der Waals surface area contributed by atoms with E-state index in [2.05, 4.69) is 0 Å². The molecule has 1 aliphatic heterocycles. The van der Waals surface area contributed by atoms with Crippen LogP contribution in [0.5, 0.6) is 0 Å². The smallest absolute Gasteiger partial charge is 0.340 e. The van der Waals surface area contributed by atoms with Crippen molar-refractivity contribution in [2.75, 3.05) is 26.2 Å². The second-order valence-corrected chi connectivity index (χ2v) is 5.29. The zero-order valence-corrected chi connectivity index (χ0v) is 9.31. The molecule has 9 heteroatoms. The van der Waals surface area contributed by atoms with Crippen molar-refractivity contribution in [2.24, 2.45) is 0 Å². The first-order valence-corrected chi connectivity index (χ1v) is 5.92. The van der Waals surface area contributed by atoms with Gasteiger partial charge >= 0.3 is 15.5 Å². The lowest BCUT2D eigenvalue weighted by molar-refractivity contribution is -0.130. The van der Waals surface area contributed by atoms with Gasteiger partial charge in [-0.3, -0.25) is 4.79 Å². The largest absolute Gasteiger partial charge is 0.511 e. The van der Waals surface area contributed by atoms with Gasteiger partial charge in [0.1, 0.15) is 0 Å². The van der Waals surface area contributed by atoms with Gasteiger partial charge in [-0.1, -0.05) is 0 Å². The fourth-order valence-electron chi connectivity index (χ4n) is 1.39. The van der Waals surface area contributed by atoms with Gasteiger partial charge in [-0.05, 0) is 0 Å². The number of sulfonamides is 1. The maximum atomic E-state index is 12.2.